The van der Waals surface area contributed by atoms with Gasteiger partial charge < -0.3 is 15.6 Å². The van der Waals surface area contributed by atoms with Crippen molar-refractivity contribution in [2.45, 2.75) is 6.42 Å². The molecule has 0 unspecified atom stereocenters. The van der Waals surface area contributed by atoms with E-state index >= 15 is 0 Å². The molecule has 0 aliphatic carbocycles. The highest BCUT2D eigenvalue weighted by molar-refractivity contribution is 6.01. The number of halogens is 2. The number of aromatic nitrogens is 2. The van der Waals surface area contributed by atoms with Crippen molar-refractivity contribution >= 4 is 46.8 Å². The predicted molar refractivity (Wildman–Crippen MR) is 120 cm³/mol. The van der Waals surface area contributed by atoms with Crippen molar-refractivity contribution < 1.29 is 14.0 Å². The molecule has 0 aliphatic heterocycles. The molecule has 31 heavy (non-hydrogen) atoms. The Kier molecular flexibility index (Phi) is 6.52. The van der Waals surface area contributed by atoms with Crippen molar-refractivity contribution in [3.8, 4) is 5.69 Å². The number of nitrogen functional groups attached to an aromatic ring is 1. The smallest absolute Gasteiger partial charge is 0.325 e. The average molecular weight is 440 g/mol. The highest BCUT2D eigenvalue weighted by Gasteiger charge is 2.10. The fraction of sp³-hybridized carbons (Fsp3) is 0.0455. The lowest BCUT2D eigenvalue weighted by atomic mass is 10.1. The highest BCUT2D eigenvalue weighted by atomic mass is 35.5. The van der Waals surface area contributed by atoms with Crippen molar-refractivity contribution in [2.24, 2.45) is 0 Å². The number of nitrogens with one attached hydrogen (secondary N) is 2. The molecule has 2 heterocycles. The molecule has 0 saturated heterocycles. The quantitative estimate of drug-likeness (QED) is 0.446. The van der Waals surface area contributed by atoms with Crippen LogP contribution >= 0.6 is 12.4 Å². The number of nitrogens with zero attached hydrogens (tertiary/aromatic N) is 2. The molecule has 4 N–H and O–H groups in total. The van der Waals surface area contributed by atoms with Crippen molar-refractivity contribution in [1.82, 2.24) is 14.9 Å². The molecule has 4 rings (SSSR count). The van der Waals surface area contributed by atoms with Crippen LogP contribution in [0.3, 0.4) is 0 Å². The first-order valence-corrected chi connectivity index (χ1v) is 9.17. The second-order valence-electron chi connectivity index (χ2n) is 6.67. The molecule has 158 valence electrons. The Labute approximate surface area is 183 Å². The van der Waals surface area contributed by atoms with Crippen LogP contribution in [0.4, 0.5) is 20.7 Å². The number of imide groups is 1. The molecule has 2 aromatic heterocycles. The van der Waals surface area contributed by atoms with Crippen LogP contribution in [0.15, 0.2) is 73.1 Å². The molecule has 0 spiro atoms. The fourth-order valence-corrected chi connectivity index (χ4v) is 3.14. The molecule has 0 fully saturated rings. The number of hydrogen-bond acceptors (Lipinski definition) is 4. The summed E-state index contributed by atoms with van der Waals surface area (Å²) in [6.07, 6.45) is 3.52. The Morgan fingerprint density at radius 1 is 1.00 bits per heavy atom. The molecule has 7 nitrogen and oxygen atoms in total. The van der Waals surface area contributed by atoms with Crippen LogP contribution in [0, 0.1) is 5.82 Å². The van der Waals surface area contributed by atoms with Gasteiger partial charge in [-0.25, -0.2) is 14.2 Å². The SMILES string of the molecule is Cl.Nc1nccc2c1ccn2-c1ccc(NC(=O)NC(=O)Cc2ccc(F)cc2)cc1. The van der Waals surface area contributed by atoms with Crippen molar-refractivity contribution in [3.63, 3.8) is 0 Å². The van der Waals surface area contributed by atoms with E-state index in [1.807, 2.05) is 35.0 Å². The highest BCUT2D eigenvalue weighted by Crippen LogP contribution is 2.24. The van der Waals surface area contributed by atoms with E-state index in [0.717, 1.165) is 16.6 Å². The largest absolute Gasteiger partial charge is 0.383 e. The zero-order valence-corrected chi connectivity index (χ0v) is 17.0. The second kappa shape index (κ2) is 9.27. The number of urea groups is 1. The molecule has 0 saturated carbocycles. The second-order valence-corrected chi connectivity index (χ2v) is 6.67. The third kappa shape index (κ3) is 4.99. The maximum Gasteiger partial charge on any atom is 0.325 e. The van der Waals surface area contributed by atoms with Gasteiger partial charge in [-0.15, -0.1) is 12.4 Å². The molecule has 3 amide bonds. The summed E-state index contributed by atoms with van der Waals surface area (Å²) < 4.78 is 14.9. The summed E-state index contributed by atoms with van der Waals surface area (Å²) in [7, 11) is 0. The van der Waals surface area contributed by atoms with E-state index in [-0.39, 0.29) is 24.6 Å². The Balaban J connectivity index is 0.00000272. The molecule has 0 aliphatic rings. The van der Waals surface area contributed by atoms with Crippen LogP contribution in [0.25, 0.3) is 16.6 Å². The van der Waals surface area contributed by atoms with E-state index in [9.17, 15) is 14.0 Å². The van der Waals surface area contributed by atoms with Gasteiger partial charge >= 0.3 is 6.03 Å². The molecule has 0 atom stereocenters. The van der Waals surface area contributed by atoms with E-state index in [2.05, 4.69) is 15.6 Å². The minimum absolute atomic E-state index is 0. The minimum Gasteiger partial charge on any atom is -0.383 e. The van der Waals surface area contributed by atoms with Crippen LogP contribution in [0.2, 0.25) is 0 Å². The number of pyridine rings is 1. The van der Waals surface area contributed by atoms with Gasteiger partial charge in [0, 0.05) is 29.2 Å². The monoisotopic (exact) mass is 439 g/mol. The summed E-state index contributed by atoms with van der Waals surface area (Å²) in [4.78, 5) is 28.1. The van der Waals surface area contributed by atoms with Crippen molar-refractivity contribution in [1.29, 1.82) is 0 Å². The van der Waals surface area contributed by atoms with Crippen LogP contribution < -0.4 is 16.4 Å². The number of carbonyl (C=O) groups excluding carboxylic acids is 2. The van der Waals surface area contributed by atoms with E-state index in [4.69, 9.17) is 5.73 Å². The van der Waals surface area contributed by atoms with Gasteiger partial charge in [-0.3, -0.25) is 10.1 Å². The first-order valence-electron chi connectivity index (χ1n) is 9.17. The molecule has 2 aromatic carbocycles. The number of nitrogens with two attached hydrogens (primary N) is 1. The van der Waals surface area contributed by atoms with Crippen LogP contribution in [-0.2, 0) is 11.2 Å². The lowest BCUT2D eigenvalue weighted by Gasteiger charge is -2.09. The zero-order chi connectivity index (χ0) is 21.1. The summed E-state index contributed by atoms with van der Waals surface area (Å²) in [5.41, 5.74) is 8.85. The number of benzene rings is 2. The normalized spacial score (nSPS) is 10.4. The summed E-state index contributed by atoms with van der Waals surface area (Å²) in [5, 5.41) is 5.73. The van der Waals surface area contributed by atoms with Gasteiger partial charge in [-0.05, 0) is 54.1 Å². The first kappa shape index (κ1) is 21.8. The average Bonchev–Trinajstić information content (AvgIpc) is 3.16. The number of hydrogen-bond donors (Lipinski definition) is 3. The maximum atomic E-state index is 12.9. The first-order chi connectivity index (χ1) is 14.5. The molecule has 4 aromatic rings. The summed E-state index contributed by atoms with van der Waals surface area (Å²) in [6.45, 7) is 0. The zero-order valence-electron chi connectivity index (χ0n) is 16.2. The van der Waals surface area contributed by atoms with Crippen molar-refractivity contribution in [3.05, 3.63) is 84.4 Å². The Morgan fingerprint density at radius 2 is 1.71 bits per heavy atom. The van der Waals surface area contributed by atoms with Crippen LogP contribution in [-0.4, -0.2) is 21.5 Å². The fourth-order valence-electron chi connectivity index (χ4n) is 3.14. The molecule has 0 bridgehead atoms. The van der Waals surface area contributed by atoms with Gasteiger partial charge in [0.1, 0.15) is 11.6 Å². The standard InChI is InChI=1S/C22H18FN5O2.ClH/c23-15-3-1-14(2-4-15)13-20(29)27-22(30)26-16-5-7-17(8-6-16)28-12-10-18-19(28)9-11-25-21(18)24;/h1-12H,13H2,(H2,24,25)(H2,26,27,29,30);1H. The Bertz CT molecular complexity index is 1220. The van der Waals surface area contributed by atoms with Gasteiger partial charge in [0.2, 0.25) is 5.91 Å². The Hall–Kier alpha value is -3.91. The Morgan fingerprint density at radius 3 is 2.42 bits per heavy atom. The van der Waals surface area contributed by atoms with E-state index in [1.165, 1.54) is 24.3 Å². The lowest BCUT2D eigenvalue weighted by molar-refractivity contribution is -0.119. The van der Waals surface area contributed by atoms with E-state index in [0.29, 0.717) is 17.1 Å². The summed E-state index contributed by atoms with van der Waals surface area (Å²) >= 11 is 0. The molecular formula is C22H19ClFN5O2. The lowest BCUT2D eigenvalue weighted by Crippen LogP contribution is -2.35. The third-order valence-corrected chi connectivity index (χ3v) is 4.58. The topological polar surface area (TPSA) is 102 Å². The van der Waals surface area contributed by atoms with Gasteiger partial charge in [0.25, 0.3) is 0 Å². The molecule has 0 radical (unpaired) electrons. The summed E-state index contributed by atoms with van der Waals surface area (Å²) in [5.74, 6) is -0.402. The number of carbonyl (C=O) groups is 2. The number of rotatable bonds is 4. The maximum absolute atomic E-state index is 12.9. The minimum atomic E-state index is -0.639. The van der Waals surface area contributed by atoms with Gasteiger partial charge in [0.15, 0.2) is 0 Å². The van der Waals surface area contributed by atoms with Crippen molar-refractivity contribution in [2.75, 3.05) is 11.1 Å². The predicted octanol–water partition coefficient (Wildman–Crippen LogP) is 4.06. The van der Waals surface area contributed by atoms with Crippen LogP contribution in [0.1, 0.15) is 5.56 Å². The molecule has 9 heteroatoms. The van der Waals surface area contributed by atoms with Gasteiger partial charge in [0.05, 0.1) is 11.9 Å². The number of anilines is 2. The van der Waals surface area contributed by atoms with Crippen LogP contribution in [0.5, 0.6) is 0 Å². The summed E-state index contributed by atoms with van der Waals surface area (Å²) in [6, 6.07) is 15.8. The number of fused-ring (bicyclic) bond motifs is 1. The number of amides is 3. The molecular weight excluding hydrogens is 421 g/mol. The van der Waals surface area contributed by atoms with E-state index < -0.39 is 11.9 Å². The third-order valence-electron chi connectivity index (χ3n) is 4.58. The van der Waals surface area contributed by atoms with Gasteiger partial charge in [-0.2, -0.15) is 0 Å². The van der Waals surface area contributed by atoms with Gasteiger partial charge in [-0.1, -0.05) is 12.1 Å². The van der Waals surface area contributed by atoms with E-state index in [1.54, 1.807) is 18.3 Å².